The molecule has 2 aromatic carbocycles. The molecule has 2 N–H and O–H groups in total. The maximum Gasteiger partial charge on any atom is 0.318 e. The molecule has 2 heterocycles. The number of aliphatic hydroxyl groups is 1. The van der Waals surface area contributed by atoms with E-state index in [2.05, 4.69) is 5.32 Å². The third kappa shape index (κ3) is 2.94. The van der Waals surface area contributed by atoms with Crippen molar-refractivity contribution in [2.75, 3.05) is 24.6 Å². The molecule has 0 unspecified atom stereocenters. The zero-order valence-corrected chi connectivity index (χ0v) is 15.9. The first-order valence-corrected chi connectivity index (χ1v) is 9.80. The fraction of sp³-hybridized carbons (Fsp3) is 0.364. The number of carbonyl (C=O) groups is 2. The maximum atomic E-state index is 13.2. The summed E-state index contributed by atoms with van der Waals surface area (Å²) in [5.41, 5.74) is 2.50. The minimum absolute atomic E-state index is 0.0356. The topological polar surface area (TPSA) is 72.9 Å². The molecular weight excluding hydrogens is 354 g/mol. The van der Waals surface area contributed by atoms with Crippen LogP contribution in [-0.2, 0) is 0 Å². The normalized spacial score (nSPS) is 22.7. The maximum absolute atomic E-state index is 13.2. The van der Waals surface area contributed by atoms with Crippen LogP contribution in [0.3, 0.4) is 0 Å². The van der Waals surface area contributed by atoms with Crippen molar-refractivity contribution in [2.24, 2.45) is 0 Å². The van der Waals surface area contributed by atoms with Gasteiger partial charge in [-0.05, 0) is 30.2 Å². The van der Waals surface area contributed by atoms with Gasteiger partial charge in [0.05, 0.1) is 18.7 Å². The van der Waals surface area contributed by atoms with E-state index in [1.807, 2.05) is 49.4 Å². The van der Waals surface area contributed by atoms with Crippen LogP contribution >= 0.6 is 0 Å². The molecule has 4 rings (SSSR count). The quantitative estimate of drug-likeness (QED) is 0.858. The van der Waals surface area contributed by atoms with E-state index in [0.717, 1.165) is 17.7 Å². The number of likely N-dealkylation sites (tertiary alicyclic amines) is 1. The monoisotopic (exact) mass is 379 g/mol. The standard InChI is InChI=1S/C22H25N3O3/c1-2-12-23-22(28)25-18-13-24(21(27)15-8-4-3-5-9-15)17-11-7-6-10-16(17)20(18)19(25)14-26/h3-11,18-20,26H,2,12-14H2,1H3,(H,23,28)/t18-,19+,20+/m1/s1. The summed E-state index contributed by atoms with van der Waals surface area (Å²) in [5.74, 6) is -0.0405. The second kappa shape index (κ2) is 7.64. The average molecular weight is 379 g/mol. The zero-order valence-electron chi connectivity index (χ0n) is 15.9. The van der Waals surface area contributed by atoms with Gasteiger partial charge in [0.25, 0.3) is 5.91 Å². The van der Waals surface area contributed by atoms with Gasteiger partial charge in [0.2, 0.25) is 0 Å². The smallest absolute Gasteiger partial charge is 0.318 e. The average Bonchev–Trinajstić information content (AvgIpc) is 2.72. The number of nitrogens with one attached hydrogen (secondary N) is 1. The van der Waals surface area contributed by atoms with Gasteiger partial charge in [-0.15, -0.1) is 0 Å². The SMILES string of the molecule is CCCNC(=O)N1[C@@H]2CN(C(=O)c3ccccc3)c3ccccc3[C@@H]2[C@@H]1CO. The lowest BCUT2D eigenvalue weighted by atomic mass is 9.72. The Hall–Kier alpha value is -2.86. The Bertz CT molecular complexity index is 870. The van der Waals surface area contributed by atoms with Gasteiger partial charge in [-0.3, -0.25) is 4.79 Å². The van der Waals surface area contributed by atoms with E-state index in [1.165, 1.54) is 0 Å². The number of nitrogens with zero attached hydrogens (tertiary/aromatic N) is 2. The summed E-state index contributed by atoms with van der Waals surface area (Å²) in [4.78, 5) is 29.3. The number of para-hydroxylation sites is 1. The van der Waals surface area contributed by atoms with Crippen molar-refractivity contribution >= 4 is 17.6 Å². The van der Waals surface area contributed by atoms with Crippen LogP contribution in [0.15, 0.2) is 54.6 Å². The predicted molar refractivity (Wildman–Crippen MR) is 107 cm³/mol. The lowest BCUT2D eigenvalue weighted by molar-refractivity contribution is -0.00750. The Morgan fingerprint density at radius 2 is 1.82 bits per heavy atom. The highest BCUT2D eigenvalue weighted by atomic mass is 16.3. The molecule has 6 nitrogen and oxygen atoms in total. The van der Waals surface area contributed by atoms with Crippen LogP contribution in [0.5, 0.6) is 0 Å². The molecular formula is C22H25N3O3. The summed E-state index contributed by atoms with van der Waals surface area (Å²) in [5, 5.41) is 12.8. The largest absolute Gasteiger partial charge is 0.394 e. The first kappa shape index (κ1) is 18.5. The lowest BCUT2D eigenvalue weighted by Gasteiger charge is -2.58. The Labute approximate surface area is 164 Å². The van der Waals surface area contributed by atoms with Gasteiger partial charge < -0.3 is 20.2 Å². The molecule has 0 spiro atoms. The van der Waals surface area contributed by atoms with Crippen molar-refractivity contribution in [3.05, 3.63) is 65.7 Å². The van der Waals surface area contributed by atoms with Crippen molar-refractivity contribution in [2.45, 2.75) is 31.3 Å². The van der Waals surface area contributed by atoms with Gasteiger partial charge in [0, 0.05) is 30.3 Å². The number of fused-ring (bicyclic) bond motifs is 3. The van der Waals surface area contributed by atoms with Gasteiger partial charge in [-0.1, -0.05) is 43.3 Å². The lowest BCUT2D eigenvalue weighted by Crippen LogP contribution is -2.72. The van der Waals surface area contributed by atoms with Crippen molar-refractivity contribution in [1.82, 2.24) is 10.2 Å². The number of hydrogen-bond donors (Lipinski definition) is 2. The highest BCUT2D eigenvalue weighted by Gasteiger charge is 2.55. The van der Waals surface area contributed by atoms with Crippen LogP contribution in [0.4, 0.5) is 10.5 Å². The van der Waals surface area contributed by atoms with E-state index in [-0.39, 0.29) is 36.5 Å². The van der Waals surface area contributed by atoms with E-state index >= 15 is 0 Å². The van der Waals surface area contributed by atoms with Crippen molar-refractivity contribution in [1.29, 1.82) is 0 Å². The Kier molecular flexibility index (Phi) is 5.05. The van der Waals surface area contributed by atoms with Crippen LogP contribution in [0.1, 0.15) is 35.2 Å². The Balaban J connectivity index is 1.68. The molecule has 2 aliphatic rings. The molecule has 146 valence electrons. The van der Waals surface area contributed by atoms with Gasteiger partial charge >= 0.3 is 6.03 Å². The summed E-state index contributed by atoms with van der Waals surface area (Å²) in [6.07, 6.45) is 0.846. The van der Waals surface area contributed by atoms with Gasteiger partial charge in [-0.2, -0.15) is 0 Å². The molecule has 2 aliphatic heterocycles. The molecule has 2 aromatic rings. The van der Waals surface area contributed by atoms with E-state index in [1.54, 1.807) is 21.9 Å². The molecule has 6 heteroatoms. The second-order valence-electron chi connectivity index (χ2n) is 7.32. The number of hydrogen-bond acceptors (Lipinski definition) is 3. The van der Waals surface area contributed by atoms with Crippen LogP contribution in [0.2, 0.25) is 0 Å². The molecule has 0 aromatic heterocycles. The molecule has 3 atom stereocenters. The van der Waals surface area contributed by atoms with E-state index in [4.69, 9.17) is 0 Å². The first-order valence-electron chi connectivity index (χ1n) is 9.80. The van der Waals surface area contributed by atoms with Gasteiger partial charge in [0.15, 0.2) is 0 Å². The molecule has 3 amide bonds. The Morgan fingerprint density at radius 1 is 1.11 bits per heavy atom. The summed E-state index contributed by atoms with van der Waals surface area (Å²) < 4.78 is 0. The molecule has 28 heavy (non-hydrogen) atoms. The Morgan fingerprint density at radius 3 is 2.54 bits per heavy atom. The van der Waals surface area contributed by atoms with Crippen molar-refractivity contribution < 1.29 is 14.7 Å². The highest BCUT2D eigenvalue weighted by molar-refractivity contribution is 6.07. The first-order chi connectivity index (χ1) is 13.7. The zero-order chi connectivity index (χ0) is 19.7. The third-order valence-corrected chi connectivity index (χ3v) is 5.71. The van der Waals surface area contributed by atoms with E-state index < -0.39 is 0 Å². The third-order valence-electron chi connectivity index (χ3n) is 5.71. The minimum Gasteiger partial charge on any atom is -0.394 e. The molecule has 1 saturated heterocycles. The van der Waals surface area contributed by atoms with E-state index in [9.17, 15) is 14.7 Å². The summed E-state index contributed by atoms with van der Waals surface area (Å²) >= 11 is 0. The number of carbonyl (C=O) groups excluding carboxylic acids is 2. The van der Waals surface area contributed by atoms with Crippen LogP contribution in [0, 0.1) is 0 Å². The second-order valence-corrected chi connectivity index (χ2v) is 7.32. The molecule has 0 saturated carbocycles. The molecule has 0 bridgehead atoms. The predicted octanol–water partition coefficient (Wildman–Crippen LogP) is 2.60. The fourth-order valence-electron chi connectivity index (χ4n) is 4.42. The minimum atomic E-state index is -0.267. The summed E-state index contributed by atoms with van der Waals surface area (Å²) in [7, 11) is 0. The number of urea groups is 1. The molecule has 0 aliphatic carbocycles. The number of anilines is 1. The number of benzene rings is 2. The highest BCUT2D eigenvalue weighted by Crippen LogP contribution is 2.48. The summed E-state index contributed by atoms with van der Waals surface area (Å²) in [6.45, 7) is 2.92. The molecule has 0 radical (unpaired) electrons. The van der Waals surface area contributed by atoms with Crippen LogP contribution in [0.25, 0.3) is 0 Å². The molecule has 1 fully saturated rings. The van der Waals surface area contributed by atoms with Crippen LogP contribution < -0.4 is 10.2 Å². The fourth-order valence-corrected chi connectivity index (χ4v) is 4.42. The van der Waals surface area contributed by atoms with Crippen molar-refractivity contribution in [3.8, 4) is 0 Å². The van der Waals surface area contributed by atoms with E-state index in [0.29, 0.717) is 18.7 Å². The summed E-state index contributed by atoms with van der Waals surface area (Å²) in [6, 6.07) is 16.4. The number of amides is 3. The van der Waals surface area contributed by atoms with Gasteiger partial charge in [0.1, 0.15) is 0 Å². The van der Waals surface area contributed by atoms with Crippen LogP contribution in [-0.4, -0.2) is 53.7 Å². The number of rotatable bonds is 4. The van der Waals surface area contributed by atoms with Gasteiger partial charge in [-0.25, -0.2) is 4.79 Å². The van der Waals surface area contributed by atoms with Crippen molar-refractivity contribution in [3.63, 3.8) is 0 Å². The number of aliphatic hydroxyl groups excluding tert-OH is 1.